The number of hydrogen-bond donors (Lipinski definition) is 2. The Morgan fingerprint density at radius 2 is 1.72 bits per heavy atom. The van der Waals surface area contributed by atoms with Gasteiger partial charge in [-0.3, -0.25) is 9.59 Å². The average Bonchev–Trinajstić information content (AvgIpc) is 2.77. The van der Waals surface area contributed by atoms with Gasteiger partial charge in [-0.05, 0) is 68.9 Å². The normalized spacial score (nSPS) is 12.2. The Kier molecular flexibility index (Phi) is 8.27. The van der Waals surface area contributed by atoms with Crippen LogP contribution in [0.4, 0.5) is 5.69 Å². The first kappa shape index (κ1) is 24.8. The molecule has 0 spiro atoms. The maximum absolute atomic E-state index is 12.2. The molecule has 0 saturated carbocycles. The zero-order chi connectivity index (χ0) is 23.9. The van der Waals surface area contributed by atoms with Gasteiger partial charge in [0.1, 0.15) is 10.6 Å². The molecule has 0 aromatic heterocycles. The van der Waals surface area contributed by atoms with E-state index >= 15 is 0 Å². The predicted molar refractivity (Wildman–Crippen MR) is 119 cm³/mol. The van der Waals surface area contributed by atoms with Gasteiger partial charge < -0.3 is 14.8 Å². The summed E-state index contributed by atoms with van der Waals surface area (Å²) in [5, 5.41) is 2.59. The number of nitrogens with one attached hydrogen (secondary N) is 2. The van der Waals surface area contributed by atoms with Gasteiger partial charge in [-0.25, -0.2) is 17.9 Å². The number of carbonyl (C=O) groups is 3. The molecule has 0 heterocycles. The maximum atomic E-state index is 12.2. The average molecular weight is 461 g/mol. The molecule has 170 valence electrons. The Morgan fingerprint density at radius 3 is 2.28 bits per heavy atom. The monoisotopic (exact) mass is 460 g/mol. The third-order valence-corrected chi connectivity index (χ3v) is 5.81. The van der Waals surface area contributed by atoms with Crippen molar-refractivity contribution in [1.29, 1.82) is 0 Å². The van der Waals surface area contributed by atoms with E-state index in [0.29, 0.717) is 16.8 Å². The molecular weight excluding hydrogens is 436 g/mol. The fourth-order valence-corrected chi connectivity index (χ4v) is 3.51. The summed E-state index contributed by atoms with van der Waals surface area (Å²) < 4.78 is 36.6. The molecule has 9 nitrogen and oxygen atoms in total. The molecule has 2 rings (SSSR count). The lowest BCUT2D eigenvalue weighted by molar-refractivity contribution is -0.148. The molecule has 0 aliphatic rings. The first-order valence-corrected chi connectivity index (χ1v) is 11.0. The van der Waals surface area contributed by atoms with Gasteiger partial charge in [0.2, 0.25) is 10.0 Å². The summed E-state index contributed by atoms with van der Waals surface area (Å²) in [6, 6.07) is 10.7. The largest absolute Gasteiger partial charge is 0.495 e. The number of methoxy groups -OCH3 is 1. The van der Waals surface area contributed by atoms with Crippen LogP contribution in [0.1, 0.15) is 29.8 Å². The van der Waals surface area contributed by atoms with Crippen LogP contribution in [0.15, 0.2) is 53.4 Å². The molecule has 0 aliphatic carbocycles. The Hall–Kier alpha value is -3.50. The van der Waals surface area contributed by atoms with E-state index in [-0.39, 0.29) is 16.4 Å². The Morgan fingerprint density at radius 1 is 1.06 bits per heavy atom. The number of amides is 1. The second-order valence-electron chi connectivity index (χ2n) is 6.65. The minimum Gasteiger partial charge on any atom is -0.495 e. The van der Waals surface area contributed by atoms with Gasteiger partial charge in [0.15, 0.2) is 11.9 Å². The van der Waals surface area contributed by atoms with E-state index in [0.717, 1.165) is 6.08 Å². The Bertz CT molecular complexity index is 1140. The summed E-state index contributed by atoms with van der Waals surface area (Å²) in [5.74, 6) is -1.27. The second kappa shape index (κ2) is 10.7. The SMILES string of the molecule is CNS(=O)(=O)c1cc(/C=C/C(=O)OC(C)C(=O)Nc2ccc(C(C)=O)cc2)ccc1OC. The van der Waals surface area contributed by atoms with Crippen LogP contribution in [0.2, 0.25) is 0 Å². The molecule has 0 aliphatic heterocycles. The molecule has 0 bridgehead atoms. The Labute approximate surface area is 186 Å². The number of anilines is 1. The first-order valence-electron chi connectivity index (χ1n) is 9.49. The number of benzene rings is 2. The van der Waals surface area contributed by atoms with Crippen molar-refractivity contribution in [2.75, 3.05) is 19.5 Å². The number of esters is 1. The number of Topliss-reactive ketones (excluding diaryl/α,β-unsaturated/α-hetero) is 1. The summed E-state index contributed by atoms with van der Waals surface area (Å²) in [6.45, 7) is 2.85. The lowest BCUT2D eigenvalue weighted by atomic mass is 10.1. The van der Waals surface area contributed by atoms with E-state index in [9.17, 15) is 22.8 Å². The molecule has 2 aromatic rings. The topological polar surface area (TPSA) is 128 Å². The van der Waals surface area contributed by atoms with E-state index in [2.05, 4.69) is 10.0 Å². The standard InChI is InChI=1S/C22H24N2O7S/c1-14(25)17-7-9-18(10-8-17)24-22(27)15(2)31-21(26)12-6-16-5-11-19(30-4)20(13-16)32(28,29)23-3/h5-13,15,23H,1-4H3,(H,24,27)/b12-6+. The number of ether oxygens (including phenoxy) is 2. The summed E-state index contributed by atoms with van der Waals surface area (Å²) in [4.78, 5) is 35.5. The number of carbonyl (C=O) groups excluding carboxylic acids is 3. The van der Waals surface area contributed by atoms with Crippen molar-refractivity contribution in [3.8, 4) is 5.75 Å². The summed E-state index contributed by atoms with van der Waals surface area (Å²) in [5.41, 5.74) is 1.38. The van der Waals surface area contributed by atoms with Gasteiger partial charge in [-0.15, -0.1) is 0 Å². The highest BCUT2D eigenvalue weighted by molar-refractivity contribution is 7.89. The van der Waals surface area contributed by atoms with Crippen molar-refractivity contribution in [3.63, 3.8) is 0 Å². The summed E-state index contributed by atoms with van der Waals surface area (Å²) >= 11 is 0. The highest BCUT2D eigenvalue weighted by Gasteiger charge is 2.19. The minimum absolute atomic E-state index is 0.0819. The van der Waals surface area contributed by atoms with Gasteiger partial charge >= 0.3 is 5.97 Å². The smallest absolute Gasteiger partial charge is 0.331 e. The number of rotatable bonds is 9. The minimum atomic E-state index is -3.77. The van der Waals surface area contributed by atoms with Gasteiger partial charge in [0.25, 0.3) is 5.91 Å². The molecule has 2 aromatic carbocycles. The van der Waals surface area contributed by atoms with E-state index in [4.69, 9.17) is 9.47 Å². The van der Waals surface area contributed by atoms with Crippen LogP contribution in [0.5, 0.6) is 5.75 Å². The molecule has 0 saturated heterocycles. The van der Waals surface area contributed by atoms with E-state index in [1.807, 2.05) is 0 Å². The van der Waals surface area contributed by atoms with Crippen molar-refractivity contribution in [2.24, 2.45) is 0 Å². The maximum Gasteiger partial charge on any atom is 0.331 e. The zero-order valence-corrected chi connectivity index (χ0v) is 18.9. The van der Waals surface area contributed by atoms with Crippen LogP contribution in [0.3, 0.4) is 0 Å². The Balaban J connectivity index is 2.02. The predicted octanol–water partition coefficient (Wildman–Crippen LogP) is 2.39. The van der Waals surface area contributed by atoms with E-state index in [1.165, 1.54) is 46.2 Å². The number of ketones is 1. The quantitative estimate of drug-likeness (QED) is 0.334. The molecule has 32 heavy (non-hydrogen) atoms. The lowest BCUT2D eigenvalue weighted by Crippen LogP contribution is -2.29. The van der Waals surface area contributed by atoms with Crippen LogP contribution in [0.25, 0.3) is 6.08 Å². The first-order chi connectivity index (χ1) is 15.1. The fourth-order valence-electron chi connectivity index (χ4n) is 2.58. The molecule has 2 N–H and O–H groups in total. The molecule has 0 radical (unpaired) electrons. The van der Waals surface area contributed by atoms with Crippen LogP contribution in [-0.2, 0) is 24.3 Å². The van der Waals surface area contributed by atoms with Gasteiger partial charge in [0.05, 0.1) is 7.11 Å². The van der Waals surface area contributed by atoms with Crippen LogP contribution < -0.4 is 14.8 Å². The zero-order valence-electron chi connectivity index (χ0n) is 18.0. The summed E-state index contributed by atoms with van der Waals surface area (Å²) in [7, 11) is -1.14. The highest BCUT2D eigenvalue weighted by Crippen LogP contribution is 2.25. The molecule has 0 fully saturated rings. The van der Waals surface area contributed by atoms with Crippen LogP contribution in [-0.4, -0.2) is 46.3 Å². The van der Waals surface area contributed by atoms with Gasteiger partial charge in [-0.1, -0.05) is 6.07 Å². The third kappa shape index (κ3) is 6.50. The molecule has 1 atom stereocenters. The third-order valence-electron chi connectivity index (χ3n) is 4.38. The number of hydrogen-bond acceptors (Lipinski definition) is 7. The van der Waals surface area contributed by atoms with Crippen molar-refractivity contribution >= 4 is 39.4 Å². The lowest BCUT2D eigenvalue weighted by Gasteiger charge is -2.12. The van der Waals surface area contributed by atoms with Crippen molar-refractivity contribution in [3.05, 3.63) is 59.7 Å². The molecule has 10 heteroatoms. The van der Waals surface area contributed by atoms with Crippen molar-refractivity contribution < 1.29 is 32.3 Å². The highest BCUT2D eigenvalue weighted by atomic mass is 32.2. The van der Waals surface area contributed by atoms with Crippen molar-refractivity contribution in [2.45, 2.75) is 24.8 Å². The van der Waals surface area contributed by atoms with Crippen LogP contribution >= 0.6 is 0 Å². The van der Waals surface area contributed by atoms with Crippen LogP contribution in [0, 0.1) is 0 Å². The number of sulfonamides is 1. The van der Waals surface area contributed by atoms with E-state index < -0.39 is 28.0 Å². The van der Waals surface area contributed by atoms with E-state index in [1.54, 1.807) is 30.3 Å². The fraction of sp³-hybridized carbons (Fsp3) is 0.227. The summed E-state index contributed by atoms with van der Waals surface area (Å²) in [6.07, 6.45) is 1.36. The molecular formula is C22H24N2O7S. The van der Waals surface area contributed by atoms with Crippen molar-refractivity contribution in [1.82, 2.24) is 4.72 Å². The second-order valence-corrected chi connectivity index (χ2v) is 8.51. The van der Waals surface area contributed by atoms with Gasteiger partial charge in [0, 0.05) is 17.3 Å². The molecule has 1 unspecified atom stereocenters. The van der Waals surface area contributed by atoms with Gasteiger partial charge in [-0.2, -0.15) is 0 Å². The molecule has 1 amide bonds.